The first-order chi connectivity index (χ1) is 12.3. The van der Waals surface area contributed by atoms with Gasteiger partial charge in [-0.25, -0.2) is 9.48 Å². The Labute approximate surface area is 151 Å². The summed E-state index contributed by atoms with van der Waals surface area (Å²) in [5.74, 6) is -1.74. The second-order valence-corrected chi connectivity index (χ2v) is 5.95. The van der Waals surface area contributed by atoms with Crippen molar-refractivity contribution in [2.45, 2.75) is 26.8 Å². The van der Waals surface area contributed by atoms with Crippen LogP contribution in [0.25, 0.3) is 5.69 Å². The van der Waals surface area contributed by atoms with E-state index in [-0.39, 0.29) is 19.0 Å². The maximum Gasteiger partial charge on any atom is 0.326 e. The minimum absolute atomic E-state index is 0.103. The molecule has 0 bridgehead atoms. The number of aryl methyl sites for hydroxylation is 1. The first-order valence-corrected chi connectivity index (χ1v) is 8.20. The zero-order chi connectivity index (χ0) is 19.3. The highest BCUT2D eigenvalue weighted by atomic mass is 16.4. The van der Waals surface area contributed by atoms with Crippen LogP contribution in [0.3, 0.4) is 0 Å². The number of hydrogen-bond donors (Lipinski definition) is 2. The van der Waals surface area contributed by atoms with Gasteiger partial charge in [0.1, 0.15) is 6.04 Å². The van der Waals surface area contributed by atoms with Crippen molar-refractivity contribution in [1.29, 1.82) is 0 Å². The van der Waals surface area contributed by atoms with E-state index in [0.717, 1.165) is 11.3 Å². The van der Waals surface area contributed by atoms with E-state index in [2.05, 4.69) is 10.4 Å². The summed E-state index contributed by atoms with van der Waals surface area (Å²) in [4.78, 5) is 36.5. The second-order valence-electron chi connectivity index (χ2n) is 5.95. The third-order valence-electron chi connectivity index (χ3n) is 4.01. The van der Waals surface area contributed by atoms with Crippen molar-refractivity contribution in [3.05, 3.63) is 47.8 Å². The Morgan fingerprint density at radius 2 is 2.08 bits per heavy atom. The average Bonchev–Trinajstić information content (AvgIpc) is 3.11. The molecule has 2 amide bonds. The van der Waals surface area contributed by atoms with Gasteiger partial charge in [0.25, 0.3) is 5.91 Å². The molecule has 0 saturated carbocycles. The van der Waals surface area contributed by atoms with E-state index in [9.17, 15) is 19.5 Å². The van der Waals surface area contributed by atoms with Crippen LogP contribution in [0.1, 0.15) is 29.8 Å². The molecule has 0 aliphatic heterocycles. The first kappa shape index (κ1) is 19.2. The number of nitrogens with zero attached hydrogens (tertiary/aromatic N) is 3. The second kappa shape index (κ2) is 8.28. The van der Waals surface area contributed by atoms with Crippen LogP contribution in [0, 0.1) is 6.92 Å². The molecule has 0 spiro atoms. The third-order valence-corrected chi connectivity index (χ3v) is 4.01. The van der Waals surface area contributed by atoms with Crippen LogP contribution in [0.4, 0.5) is 0 Å². The predicted octanol–water partition coefficient (Wildman–Crippen LogP) is 1.23. The molecule has 1 atom stereocenters. The summed E-state index contributed by atoms with van der Waals surface area (Å²) >= 11 is 0. The van der Waals surface area contributed by atoms with Gasteiger partial charge in [-0.1, -0.05) is 0 Å². The van der Waals surface area contributed by atoms with Gasteiger partial charge in [0.05, 0.1) is 5.69 Å². The van der Waals surface area contributed by atoms with Gasteiger partial charge in [0, 0.05) is 38.0 Å². The zero-order valence-electron chi connectivity index (χ0n) is 15.0. The Kier molecular flexibility index (Phi) is 6.11. The van der Waals surface area contributed by atoms with Gasteiger partial charge < -0.3 is 15.3 Å². The fourth-order valence-corrected chi connectivity index (χ4v) is 2.58. The number of nitrogens with one attached hydrogen (secondary N) is 1. The molecule has 1 aromatic carbocycles. The fraction of sp³-hybridized carbons (Fsp3) is 0.333. The number of rotatable bonds is 7. The van der Waals surface area contributed by atoms with Crippen molar-refractivity contribution in [3.8, 4) is 5.69 Å². The SMILES string of the molecule is CC(=O)NCCN(C(=O)c1ccc(-n2cccn2)c(C)c1)C(C)C(=O)O. The topological polar surface area (TPSA) is 105 Å². The van der Waals surface area contributed by atoms with E-state index in [1.54, 1.807) is 41.3 Å². The van der Waals surface area contributed by atoms with Gasteiger partial charge in [-0.15, -0.1) is 0 Å². The molecule has 1 unspecified atom stereocenters. The molecule has 2 aromatic rings. The predicted molar refractivity (Wildman–Crippen MR) is 95.1 cm³/mol. The van der Waals surface area contributed by atoms with Crippen molar-refractivity contribution in [3.63, 3.8) is 0 Å². The standard InChI is InChI=1S/C18H22N4O4/c1-12-11-15(5-6-16(12)22-9-4-7-20-22)17(24)21(13(2)18(25)26)10-8-19-14(3)23/h4-7,9,11,13H,8,10H2,1-3H3,(H,19,23)(H,25,26). The smallest absolute Gasteiger partial charge is 0.326 e. The average molecular weight is 358 g/mol. The minimum Gasteiger partial charge on any atom is -0.480 e. The summed E-state index contributed by atoms with van der Waals surface area (Å²) in [5.41, 5.74) is 2.06. The lowest BCUT2D eigenvalue weighted by Crippen LogP contribution is -2.46. The molecule has 2 rings (SSSR count). The number of carboxylic acids is 1. The molecule has 26 heavy (non-hydrogen) atoms. The van der Waals surface area contributed by atoms with Crippen molar-refractivity contribution < 1.29 is 19.5 Å². The van der Waals surface area contributed by atoms with Crippen LogP contribution in [0.15, 0.2) is 36.7 Å². The summed E-state index contributed by atoms with van der Waals surface area (Å²) in [6.07, 6.45) is 3.47. The number of aliphatic carboxylic acids is 1. The highest BCUT2D eigenvalue weighted by Gasteiger charge is 2.26. The number of carbonyl (C=O) groups is 3. The highest BCUT2D eigenvalue weighted by molar-refractivity contribution is 5.97. The van der Waals surface area contributed by atoms with Gasteiger partial charge in [0.2, 0.25) is 5.91 Å². The summed E-state index contributed by atoms with van der Waals surface area (Å²) < 4.78 is 1.69. The van der Waals surface area contributed by atoms with E-state index >= 15 is 0 Å². The molecular formula is C18H22N4O4. The number of benzene rings is 1. The first-order valence-electron chi connectivity index (χ1n) is 8.20. The largest absolute Gasteiger partial charge is 0.480 e. The van der Waals surface area contributed by atoms with Crippen LogP contribution in [0.2, 0.25) is 0 Å². The van der Waals surface area contributed by atoms with Crippen molar-refractivity contribution in [1.82, 2.24) is 20.0 Å². The molecule has 0 radical (unpaired) electrons. The minimum atomic E-state index is -1.11. The molecular weight excluding hydrogens is 336 g/mol. The Hall–Kier alpha value is -3.16. The van der Waals surface area contributed by atoms with Gasteiger partial charge >= 0.3 is 5.97 Å². The monoisotopic (exact) mass is 358 g/mol. The zero-order valence-corrected chi connectivity index (χ0v) is 15.0. The van der Waals surface area contributed by atoms with E-state index in [1.165, 1.54) is 18.7 Å². The molecule has 8 nitrogen and oxygen atoms in total. The van der Waals surface area contributed by atoms with Gasteiger partial charge in [-0.3, -0.25) is 9.59 Å². The van der Waals surface area contributed by atoms with E-state index < -0.39 is 17.9 Å². The van der Waals surface area contributed by atoms with Gasteiger partial charge in [-0.2, -0.15) is 5.10 Å². The van der Waals surface area contributed by atoms with Crippen LogP contribution >= 0.6 is 0 Å². The lowest BCUT2D eigenvalue weighted by Gasteiger charge is -2.27. The summed E-state index contributed by atoms with van der Waals surface area (Å²) in [6.45, 7) is 4.95. The van der Waals surface area contributed by atoms with Crippen molar-refractivity contribution >= 4 is 17.8 Å². The number of hydrogen-bond acceptors (Lipinski definition) is 4. The Morgan fingerprint density at radius 1 is 1.35 bits per heavy atom. The van der Waals surface area contributed by atoms with Crippen LogP contribution < -0.4 is 5.32 Å². The molecule has 0 aliphatic carbocycles. The summed E-state index contributed by atoms with van der Waals surface area (Å²) in [6, 6.07) is 5.91. The fourth-order valence-electron chi connectivity index (χ4n) is 2.58. The van der Waals surface area contributed by atoms with E-state index in [4.69, 9.17) is 0 Å². The Morgan fingerprint density at radius 3 is 2.62 bits per heavy atom. The van der Waals surface area contributed by atoms with Crippen molar-refractivity contribution in [2.24, 2.45) is 0 Å². The van der Waals surface area contributed by atoms with E-state index in [0.29, 0.717) is 5.56 Å². The van der Waals surface area contributed by atoms with Crippen LogP contribution in [-0.4, -0.2) is 56.7 Å². The number of aromatic nitrogens is 2. The molecule has 1 aromatic heterocycles. The number of carboxylic acid groups (broad SMARTS) is 1. The maximum absolute atomic E-state index is 12.8. The lowest BCUT2D eigenvalue weighted by molar-refractivity contribution is -0.141. The Bertz CT molecular complexity index is 802. The number of carbonyl (C=O) groups excluding carboxylic acids is 2. The van der Waals surface area contributed by atoms with Crippen molar-refractivity contribution in [2.75, 3.05) is 13.1 Å². The number of amides is 2. The van der Waals surface area contributed by atoms with E-state index in [1.807, 2.05) is 6.92 Å². The highest BCUT2D eigenvalue weighted by Crippen LogP contribution is 2.17. The quantitative estimate of drug-likeness (QED) is 0.775. The molecule has 2 N–H and O–H groups in total. The molecule has 0 fully saturated rings. The van der Waals surface area contributed by atoms with Gasteiger partial charge in [0.15, 0.2) is 0 Å². The molecule has 0 saturated heterocycles. The third kappa shape index (κ3) is 4.47. The summed E-state index contributed by atoms with van der Waals surface area (Å²) in [5, 5.41) is 16.0. The molecule has 138 valence electrons. The Balaban J connectivity index is 2.25. The summed E-state index contributed by atoms with van der Waals surface area (Å²) in [7, 11) is 0. The molecule has 0 aliphatic rings. The molecule has 8 heteroatoms. The normalized spacial score (nSPS) is 11.7. The van der Waals surface area contributed by atoms with Crippen LogP contribution in [-0.2, 0) is 9.59 Å². The van der Waals surface area contributed by atoms with Gasteiger partial charge in [-0.05, 0) is 43.7 Å². The maximum atomic E-state index is 12.8. The lowest BCUT2D eigenvalue weighted by atomic mass is 10.1. The molecule has 1 heterocycles. The van der Waals surface area contributed by atoms with Crippen LogP contribution in [0.5, 0.6) is 0 Å².